The number of hydrogen-bond donors (Lipinski definition) is 2. The van der Waals surface area contributed by atoms with Crippen LogP contribution in [0, 0.1) is 6.92 Å². The third kappa shape index (κ3) is 2.91. The predicted octanol–water partition coefficient (Wildman–Crippen LogP) is 3.02. The van der Waals surface area contributed by atoms with Gasteiger partial charge in [-0.05, 0) is 30.7 Å². The summed E-state index contributed by atoms with van der Waals surface area (Å²) >= 11 is 0. The van der Waals surface area contributed by atoms with E-state index in [1.54, 1.807) is 24.3 Å². The fourth-order valence-corrected chi connectivity index (χ4v) is 1.94. The summed E-state index contributed by atoms with van der Waals surface area (Å²) in [7, 11) is 3.79. The van der Waals surface area contributed by atoms with E-state index in [2.05, 4.69) is 5.32 Å². The quantitative estimate of drug-likeness (QED) is 0.901. The van der Waals surface area contributed by atoms with E-state index in [9.17, 15) is 9.90 Å². The van der Waals surface area contributed by atoms with Gasteiger partial charge in [0.05, 0.1) is 5.56 Å². The van der Waals surface area contributed by atoms with Crippen molar-refractivity contribution in [2.45, 2.75) is 6.92 Å². The molecule has 2 aromatic rings. The molecule has 0 bridgehead atoms. The van der Waals surface area contributed by atoms with Crippen molar-refractivity contribution >= 4 is 17.3 Å². The summed E-state index contributed by atoms with van der Waals surface area (Å²) in [5.41, 5.74) is 2.79. The number of nitrogens with one attached hydrogen (secondary N) is 1. The van der Waals surface area contributed by atoms with Gasteiger partial charge in [-0.3, -0.25) is 4.79 Å². The standard InChI is InChI=1S/C16H18N2O2/c1-11-8-9-12(10-15(11)19)17-16(20)13-6-4-5-7-14(13)18(2)3/h4-10,19H,1-3H3,(H,17,20). The molecule has 0 radical (unpaired) electrons. The zero-order chi connectivity index (χ0) is 14.7. The number of anilines is 2. The molecule has 0 aromatic heterocycles. The molecule has 4 heteroatoms. The van der Waals surface area contributed by atoms with Gasteiger partial charge in [-0.15, -0.1) is 0 Å². The highest BCUT2D eigenvalue weighted by atomic mass is 16.3. The smallest absolute Gasteiger partial charge is 0.257 e. The zero-order valence-corrected chi connectivity index (χ0v) is 11.8. The van der Waals surface area contributed by atoms with Gasteiger partial charge >= 0.3 is 0 Å². The Morgan fingerprint density at radius 2 is 1.85 bits per heavy atom. The van der Waals surface area contributed by atoms with Crippen LogP contribution >= 0.6 is 0 Å². The third-order valence-electron chi connectivity index (χ3n) is 3.10. The third-order valence-corrected chi connectivity index (χ3v) is 3.10. The van der Waals surface area contributed by atoms with Crippen molar-refractivity contribution in [3.05, 3.63) is 53.6 Å². The molecule has 0 aliphatic rings. The van der Waals surface area contributed by atoms with E-state index in [0.717, 1.165) is 11.3 Å². The fourth-order valence-electron chi connectivity index (χ4n) is 1.94. The topological polar surface area (TPSA) is 52.6 Å². The maximum Gasteiger partial charge on any atom is 0.257 e. The van der Waals surface area contributed by atoms with Crippen LogP contribution in [0.15, 0.2) is 42.5 Å². The lowest BCUT2D eigenvalue weighted by Crippen LogP contribution is -2.18. The van der Waals surface area contributed by atoms with Gasteiger partial charge in [0.25, 0.3) is 5.91 Å². The number of rotatable bonds is 3. The highest BCUT2D eigenvalue weighted by molar-refractivity contribution is 6.08. The lowest BCUT2D eigenvalue weighted by atomic mass is 10.1. The molecule has 1 amide bonds. The van der Waals surface area contributed by atoms with Gasteiger partial charge in [-0.1, -0.05) is 18.2 Å². The van der Waals surface area contributed by atoms with E-state index in [1.165, 1.54) is 0 Å². The highest BCUT2D eigenvalue weighted by Crippen LogP contribution is 2.23. The van der Waals surface area contributed by atoms with Crippen LogP contribution in [0.25, 0.3) is 0 Å². The summed E-state index contributed by atoms with van der Waals surface area (Å²) in [6, 6.07) is 12.5. The second-order valence-corrected chi connectivity index (χ2v) is 4.87. The molecule has 0 saturated carbocycles. The molecule has 2 aromatic carbocycles. The molecule has 0 fully saturated rings. The molecule has 0 heterocycles. The van der Waals surface area contributed by atoms with Crippen LogP contribution in [0.5, 0.6) is 5.75 Å². The van der Waals surface area contributed by atoms with Crippen LogP contribution in [-0.4, -0.2) is 25.1 Å². The Morgan fingerprint density at radius 1 is 1.15 bits per heavy atom. The number of nitrogens with zero attached hydrogens (tertiary/aromatic N) is 1. The number of phenols is 1. The summed E-state index contributed by atoms with van der Waals surface area (Å²) in [6.07, 6.45) is 0. The Hall–Kier alpha value is -2.49. The maximum atomic E-state index is 12.3. The molecule has 0 saturated heterocycles. The number of amides is 1. The first kappa shape index (κ1) is 13.9. The lowest BCUT2D eigenvalue weighted by Gasteiger charge is -2.17. The van der Waals surface area contributed by atoms with Crippen molar-refractivity contribution < 1.29 is 9.90 Å². The van der Waals surface area contributed by atoms with E-state index in [-0.39, 0.29) is 11.7 Å². The Kier molecular flexibility index (Phi) is 3.94. The van der Waals surface area contributed by atoms with E-state index in [4.69, 9.17) is 0 Å². The number of benzene rings is 2. The molecule has 0 spiro atoms. The van der Waals surface area contributed by atoms with Crippen molar-refractivity contribution in [3.8, 4) is 5.75 Å². The average molecular weight is 270 g/mol. The lowest BCUT2D eigenvalue weighted by molar-refractivity contribution is 0.102. The Morgan fingerprint density at radius 3 is 2.50 bits per heavy atom. The molecule has 104 valence electrons. The zero-order valence-electron chi connectivity index (χ0n) is 11.8. The van der Waals surface area contributed by atoms with Crippen LogP contribution in [0.1, 0.15) is 15.9 Å². The minimum Gasteiger partial charge on any atom is -0.508 e. The Labute approximate surface area is 118 Å². The first-order valence-electron chi connectivity index (χ1n) is 6.36. The molecule has 0 atom stereocenters. The predicted molar refractivity (Wildman–Crippen MR) is 81.6 cm³/mol. The second kappa shape index (κ2) is 5.65. The molecule has 2 rings (SSSR count). The highest BCUT2D eigenvalue weighted by Gasteiger charge is 2.12. The molecule has 0 aliphatic carbocycles. The number of aryl methyl sites for hydroxylation is 1. The van der Waals surface area contributed by atoms with Gasteiger partial charge in [-0.25, -0.2) is 0 Å². The van der Waals surface area contributed by atoms with Gasteiger partial charge in [0.15, 0.2) is 0 Å². The van der Waals surface area contributed by atoms with Gasteiger partial charge in [-0.2, -0.15) is 0 Å². The van der Waals surface area contributed by atoms with Gasteiger partial charge in [0.1, 0.15) is 5.75 Å². The number of carbonyl (C=O) groups is 1. The summed E-state index contributed by atoms with van der Waals surface area (Å²) in [5.74, 6) is -0.0266. The van der Waals surface area contributed by atoms with E-state index in [0.29, 0.717) is 11.3 Å². The summed E-state index contributed by atoms with van der Waals surface area (Å²) in [4.78, 5) is 14.2. The van der Waals surface area contributed by atoms with Gasteiger partial charge < -0.3 is 15.3 Å². The molecular weight excluding hydrogens is 252 g/mol. The monoisotopic (exact) mass is 270 g/mol. The van der Waals surface area contributed by atoms with Crippen LogP contribution in [0.3, 0.4) is 0 Å². The first-order valence-corrected chi connectivity index (χ1v) is 6.36. The first-order chi connectivity index (χ1) is 9.49. The fraction of sp³-hybridized carbons (Fsp3) is 0.188. The second-order valence-electron chi connectivity index (χ2n) is 4.87. The van der Waals surface area contributed by atoms with Crippen molar-refractivity contribution in [2.75, 3.05) is 24.3 Å². The normalized spacial score (nSPS) is 10.2. The van der Waals surface area contributed by atoms with Crippen molar-refractivity contribution in [2.24, 2.45) is 0 Å². The maximum absolute atomic E-state index is 12.3. The summed E-state index contributed by atoms with van der Waals surface area (Å²) in [6.45, 7) is 1.81. The van der Waals surface area contributed by atoms with Crippen LogP contribution in [0.2, 0.25) is 0 Å². The number of para-hydroxylation sites is 1. The average Bonchev–Trinajstić information content (AvgIpc) is 2.43. The van der Waals surface area contributed by atoms with Crippen molar-refractivity contribution in [3.63, 3.8) is 0 Å². The van der Waals surface area contributed by atoms with Crippen molar-refractivity contribution in [1.29, 1.82) is 0 Å². The molecule has 0 unspecified atom stereocenters. The van der Waals surface area contributed by atoms with Gasteiger partial charge in [0.2, 0.25) is 0 Å². The number of phenolic OH excluding ortho intramolecular Hbond substituents is 1. The number of carbonyl (C=O) groups excluding carboxylic acids is 1. The summed E-state index contributed by atoms with van der Waals surface area (Å²) in [5, 5.41) is 12.5. The number of hydrogen-bond acceptors (Lipinski definition) is 3. The SMILES string of the molecule is Cc1ccc(NC(=O)c2ccccc2N(C)C)cc1O. The largest absolute Gasteiger partial charge is 0.508 e. The van der Waals surface area contributed by atoms with Crippen molar-refractivity contribution in [1.82, 2.24) is 0 Å². The van der Waals surface area contributed by atoms with Gasteiger partial charge in [0, 0.05) is 31.5 Å². The molecule has 4 nitrogen and oxygen atoms in total. The van der Waals surface area contributed by atoms with E-state index in [1.807, 2.05) is 44.1 Å². The molecular formula is C16H18N2O2. The molecule has 0 aliphatic heterocycles. The Bertz CT molecular complexity index is 636. The van der Waals surface area contributed by atoms with E-state index >= 15 is 0 Å². The summed E-state index contributed by atoms with van der Waals surface area (Å²) < 4.78 is 0. The van der Waals surface area contributed by atoms with Crippen LogP contribution in [-0.2, 0) is 0 Å². The van der Waals surface area contributed by atoms with Crippen LogP contribution in [0.4, 0.5) is 11.4 Å². The Balaban J connectivity index is 2.26. The van der Waals surface area contributed by atoms with E-state index < -0.39 is 0 Å². The molecule has 2 N–H and O–H groups in total. The van der Waals surface area contributed by atoms with Crippen LogP contribution < -0.4 is 10.2 Å². The minimum absolute atomic E-state index is 0.170. The minimum atomic E-state index is -0.197. The molecule has 20 heavy (non-hydrogen) atoms. The number of aromatic hydroxyl groups is 1.